The Kier molecular flexibility index (Phi) is 4.96. The van der Waals surface area contributed by atoms with Crippen LogP contribution in [-0.2, 0) is 19.5 Å². The van der Waals surface area contributed by atoms with Gasteiger partial charge in [-0.2, -0.15) is 4.31 Å². The molecule has 26 heavy (non-hydrogen) atoms. The summed E-state index contributed by atoms with van der Waals surface area (Å²) in [4.78, 5) is 0.209. The number of rotatable bonds is 3. The van der Waals surface area contributed by atoms with Crippen molar-refractivity contribution in [1.29, 1.82) is 0 Å². The molecule has 0 saturated carbocycles. The maximum absolute atomic E-state index is 13.4. The van der Waals surface area contributed by atoms with Gasteiger partial charge in [0, 0.05) is 28.9 Å². The predicted molar refractivity (Wildman–Crippen MR) is 98.5 cm³/mol. The molecule has 146 valence electrons. The summed E-state index contributed by atoms with van der Waals surface area (Å²) in [5.74, 6) is -0.883. The fraction of sp³-hybridized carbons (Fsp3) is 0.667. The van der Waals surface area contributed by atoms with E-state index in [-0.39, 0.29) is 17.6 Å². The molecule has 2 fully saturated rings. The smallest absolute Gasteiger partial charge is 0.244 e. The number of hydrogen-bond acceptors (Lipinski definition) is 5. The monoisotopic (exact) mass is 403 g/mol. The Morgan fingerprint density at radius 2 is 1.69 bits per heavy atom. The molecule has 3 rings (SSSR count). The molecule has 1 unspecified atom stereocenters. The van der Waals surface area contributed by atoms with Crippen LogP contribution >= 0.6 is 11.6 Å². The lowest BCUT2D eigenvalue weighted by Crippen LogP contribution is -2.67. The maximum atomic E-state index is 13.4. The largest absolute Gasteiger partial charge is 0.394 e. The number of nitrogens with zero attached hydrogens (tertiary/aromatic N) is 1. The highest BCUT2D eigenvalue weighted by atomic mass is 35.5. The average molecular weight is 404 g/mol. The van der Waals surface area contributed by atoms with Crippen molar-refractivity contribution in [3.8, 4) is 0 Å². The lowest BCUT2D eigenvalue weighted by atomic mass is 9.78. The number of piperidine rings is 1. The van der Waals surface area contributed by atoms with Crippen LogP contribution in [0.5, 0.6) is 0 Å². The fourth-order valence-electron chi connectivity index (χ4n) is 4.60. The van der Waals surface area contributed by atoms with E-state index in [1.807, 2.05) is 27.7 Å². The molecule has 6 nitrogen and oxygen atoms in total. The van der Waals surface area contributed by atoms with Gasteiger partial charge in [0.25, 0.3) is 0 Å². The van der Waals surface area contributed by atoms with Crippen molar-refractivity contribution in [3.05, 3.63) is 29.3 Å². The molecule has 8 heteroatoms. The van der Waals surface area contributed by atoms with Crippen LogP contribution in [0.15, 0.2) is 29.2 Å². The van der Waals surface area contributed by atoms with Crippen LogP contribution in [0, 0.1) is 0 Å². The summed E-state index contributed by atoms with van der Waals surface area (Å²) >= 11 is 5.91. The standard InChI is InChI=1S/C18H26ClNO5S/c1-16(2)11-18(24-10-14(9-21)25-18)12-17(3,4)20(16)26(22,23)15-7-5-13(19)6-8-15/h5-8,14,21H,9-12H2,1-4H3. The molecular weight excluding hydrogens is 378 g/mol. The molecule has 2 aliphatic rings. The topological polar surface area (TPSA) is 76.1 Å². The number of ether oxygens (including phenoxy) is 2. The van der Waals surface area contributed by atoms with Crippen molar-refractivity contribution in [1.82, 2.24) is 4.31 Å². The predicted octanol–water partition coefficient (Wildman–Crippen LogP) is 2.79. The van der Waals surface area contributed by atoms with Crippen molar-refractivity contribution in [3.63, 3.8) is 0 Å². The Balaban J connectivity index is 1.99. The van der Waals surface area contributed by atoms with Gasteiger partial charge in [0.15, 0.2) is 5.79 Å². The van der Waals surface area contributed by atoms with Gasteiger partial charge in [0.1, 0.15) is 6.10 Å². The Morgan fingerprint density at radius 3 is 2.15 bits per heavy atom. The minimum Gasteiger partial charge on any atom is -0.394 e. The second-order valence-electron chi connectivity index (χ2n) is 8.35. The normalized spacial score (nSPS) is 27.7. The first-order valence-electron chi connectivity index (χ1n) is 8.66. The average Bonchev–Trinajstić information content (AvgIpc) is 2.86. The molecule has 1 aromatic carbocycles. The lowest BCUT2D eigenvalue weighted by Gasteiger charge is -2.56. The van der Waals surface area contributed by atoms with Crippen molar-refractivity contribution < 1.29 is 23.0 Å². The number of aliphatic hydroxyl groups is 1. The van der Waals surface area contributed by atoms with Crippen molar-refractivity contribution in [2.45, 2.75) is 68.4 Å². The second-order valence-corrected chi connectivity index (χ2v) is 10.6. The van der Waals surface area contributed by atoms with Crippen molar-refractivity contribution in [2.75, 3.05) is 13.2 Å². The number of hydrogen-bond donors (Lipinski definition) is 1. The van der Waals surface area contributed by atoms with E-state index < -0.39 is 26.9 Å². The third-order valence-electron chi connectivity index (χ3n) is 4.97. The van der Waals surface area contributed by atoms with Gasteiger partial charge in [0.05, 0.1) is 18.1 Å². The van der Waals surface area contributed by atoms with Gasteiger partial charge in [-0.05, 0) is 52.0 Å². The molecule has 2 saturated heterocycles. The first kappa shape index (κ1) is 20.0. The molecule has 0 aromatic heterocycles. The SMILES string of the molecule is CC1(C)CC2(CC(C)(C)N1S(=O)(=O)c1ccc(Cl)cc1)OCC(CO)O2. The molecule has 0 radical (unpaired) electrons. The fourth-order valence-corrected chi connectivity index (χ4v) is 6.85. The summed E-state index contributed by atoms with van der Waals surface area (Å²) in [6, 6.07) is 6.21. The molecule has 0 aliphatic carbocycles. The van der Waals surface area contributed by atoms with Gasteiger partial charge in [-0.25, -0.2) is 8.42 Å². The van der Waals surface area contributed by atoms with Crippen LogP contribution < -0.4 is 0 Å². The van der Waals surface area contributed by atoms with E-state index in [1.54, 1.807) is 16.4 Å². The minimum atomic E-state index is -3.75. The van der Waals surface area contributed by atoms with E-state index >= 15 is 0 Å². The summed E-state index contributed by atoms with van der Waals surface area (Å²) in [6.45, 7) is 7.70. The van der Waals surface area contributed by atoms with Crippen LogP contribution in [0.25, 0.3) is 0 Å². The van der Waals surface area contributed by atoms with Gasteiger partial charge in [-0.3, -0.25) is 0 Å². The van der Waals surface area contributed by atoms with E-state index in [0.717, 1.165) is 0 Å². The zero-order valence-corrected chi connectivity index (χ0v) is 17.1. The van der Waals surface area contributed by atoms with Gasteiger partial charge in [0.2, 0.25) is 10.0 Å². The summed E-state index contributed by atoms with van der Waals surface area (Å²) in [7, 11) is -3.75. The summed E-state index contributed by atoms with van der Waals surface area (Å²) in [6.07, 6.45) is 0.389. The summed E-state index contributed by atoms with van der Waals surface area (Å²) in [5.41, 5.74) is -1.49. The van der Waals surface area contributed by atoms with E-state index in [2.05, 4.69) is 0 Å². The minimum absolute atomic E-state index is 0.116. The zero-order valence-electron chi connectivity index (χ0n) is 15.5. The van der Waals surface area contributed by atoms with Crippen molar-refractivity contribution in [2.24, 2.45) is 0 Å². The van der Waals surface area contributed by atoms with Gasteiger partial charge >= 0.3 is 0 Å². The Hall–Kier alpha value is -0.700. The highest BCUT2D eigenvalue weighted by molar-refractivity contribution is 7.89. The zero-order chi connectivity index (χ0) is 19.4. The number of halogens is 1. The summed E-state index contributed by atoms with van der Waals surface area (Å²) in [5, 5.41) is 9.86. The maximum Gasteiger partial charge on any atom is 0.244 e. The molecule has 1 atom stereocenters. The molecule has 2 heterocycles. The lowest BCUT2D eigenvalue weighted by molar-refractivity contribution is -0.233. The van der Waals surface area contributed by atoms with E-state index in [1.165, 1.54) is 12.1 Å². The van der Waals surface area contributed by atoms with E-state index in [9.17, 15) is 13.5 Å². The van der Waals surface area contributed by atoms with Crippen LogP contribution in [0.3, 0.4) is 0 Å². The molecule has 0 bridgehead atoms. The van der Waals surface area contributed by atoms with E-state index in [4.69, 9.17) is 21.1 Å². The molecule has 1 aromatic rings. The third-order valence-corrected chi connectivity index (χ3v) is 7.56. The van der Waals surface area contributed by atoms with Crippen LogP contribution in [0.2, 0.25) is 5.02 Å². The van der Waals surface area contributed by atoms with Gasteiger partial charge in [-0.15, -0.1) is 0 Å². The Labute approximate surface area is 160 Å². The van der Waals surface area contributed by atoms with Gasteiger partial charge < -0.3 is 14.6 Å². The number of benzene rings is 1. The second kappa shape index (κ2) is 6.43. The first-order chi connectivity index (χ1) is 11.9. The van der Waals surface area contributed by atoms with Crippen LogP contribution in [0.4, 0.5) is 0 Å². The molecule has 0 amide bonds. The molecule has 1 spiro atoms. The number of sulfonamides is 1. The van der Waals surface area contributed by atoms with Crippen molar-refractivity contribution >= 4 is 21.6 Å². The number of aliphatic hydroxyl groups excluding tert-OH is 1. The molecule has 2 aliphatic heterocycles. The third kappa shape index (κ3) is 3.41. The Morgan fingerprint density at radius 1 is 1.15 bits per heavy atom. The van der Waals surface area contributed by atoms with Gasteiger partial charge in [-0.1, -0.05) is 11.6 Å². The van der Waals surface area contributed by atoms with Crippen LogP contribution in [0.1, 0.15) is 40.5 Å². The van der Waals surface area contributed by atoms with Crippen LogP contribution in [-0.4, -0.2) is 54.0 Å². The summed E-state index contributed by atoms with van der Waals surface area (Å²) < 4.78 is 40.3. The molecular formula is C18H26ClNO5S. The molecule has 1 N–H and O–H groups in total. The first-order valence-corrected chi connectivity index (χ1v) is 10.5. The Bertz CT molecular complexity index is 757. The highest BCUT2D eigenvalue weighted by Crippen LogP contribution is 2.50. The highest BCUT2D eigenvalue weighted by Gasteiger charge is 2.60. The van der Waals surface area contributed by atoms with E-state index in [0.29, 0.717) is 24.5 Å². The quantitative estimate of drug-likeness (QED) is 0.839.